The molecule has 0 bridgehead atoms. The van der Waals surface area contributed by atoms with Crippen molar-refractivity contribution in [3.63, 3.8) is 0 Å². The van der Waals surface area contributed by atoms with Gasteiger partial charge in [-0.2, -0.15) is 5.10 Å². The maximum Gasteiger partial charge on any atom is 0.194 e. The van der Waals surface area contributed by atoms with Crippen LogP contribution in [0, 0.1) is 13.8 Å². The zero-order chi connectivity index (χ0) is 19.4. The van der Waals surface area contributed by atoms with Crippen LogP contribution in [0.3, 0.4) is 0 Å². The van der Waals surface area contributed by atoms with Gasteiger partial charge in [0.15, 0.2) is 5.96 Å². The van der Waals surface area contributed by atoms with Crippen molar-refractivity contribution >= 4 is 35.6 Å². The van der Waals surface area contributed by atoms with E-state index in [1.165, 1.54) is 16.9 Å². The van der Waals surface area contributed by atoms with Gasteiger partial charge in [-0.25, -0.2) is 0 Å². The highest BCUT2D eigenvalue weighted by molar-refractivity contribution is 14.0. The highest BCUT2D eigenvalue weighted by atomic mass is 127. The predicted molar refractivity (Wildman–Crippen MR) is 125 cm³/mol. The highest BCUT2D eigenvalue weighted by Crippen LogP contribution is 2.20. The Balaban J connectivity index is 0.00000280. The minimum absolute atomic E-state index is 0. The number of anilines is 1. The van der Waals surface area contributed by atoms with Crippen LogP contribution in [-0.2, 0) is 13.6 Å². The van der Waals surface area contributed by atoms with Gasteiger partial charge >= 0.3 is 0 Å². The van der Waals surface area contributed by atoms with Gasteiger partial charge in [-0.1, -0.05) is 0 Å². The number of halogens is 1. The summed E-state index contributed by atoms with van der Waals surface area (Å²) in [7, 11) is 5.53. The molecule has 8 heteroatoms. The number of methoxy groups -OCH3 is 1. The summed E-state index contributed by atoms with van der Waals surface area (Å²) < 4.78 is 7.18. The fourth-order valence-corrected chi connectivity index (χ4v) is 3.54. The lowest BCUT2D eigenvalue weighted by Gasteiger charge is -2.37. The molecular weight excluding hydrogens is 467 g/mol. The third-order valence-corrected chi connectivity index (χ3v) is 5.31. The van der Waals surface area contributed by atoms with Crippen molar-refractivity contribution in [1.29, 1.82) is 0 Å². The van der Waals surface area contributed by atoms with Crippen LogP contribution in [0.4, 0.5) is 5.69 Å². The summed E-state index contributed by atoms with van der Waals surface area (Å²) in [5.74, 6) is 1.84. The number of nitrogens with one attached hydrogen (secondary N) is 1. The van der Waals surface area contributed by atoms with Gasteiger partial charge in [-0.15, -0.1) is 24.0 Å². The maximum absolute atomic E-state index is 5.24. The summed E-state index contributed by atoms with van der Waals surface area (Å²) in [6.45, 7) is 8.73. The molecule has 0 aliphatic carbocycles. The summed E-state index contributed by atoms with van der Waals surface area (Å²) in [6.07, 6.45) is 0. The van der Waals surface area contributed by atoms with Crippen LogP contribution in [0.25, 0.3) is 0 Å². The number of piperazine rings is 1. The molecule has 3 rings (SSSR count). The molecule has 1 aromatic heterocycles. The second-order valence-electron chi connectivity index (χ2n) is 6.85. The predicted octanol–water partition coefficient (Wildman–Crippen LogP) is 2.56. The number of aliphatic imine (C=N–C) groups is 1. The molecule has 1 aliphatic heterocycles. The Morgan fingerprint density at radius 1 is 1.14 bits per heavy atom. The molecule has 0 atom stereocenters. The smallest absolute Gasteiger partial charge is 0.194 e. The van der Waals surface area contributed by atoms with Crippen LogP contribution in [0.5, 0.6) is 5.75 Å². The summed E-state index contributed by atoms with van der Waals surface area (Å²) in [5, 5.41) is 8.00. The molecule has 154 valence electrons. The third kappa shape index (κ3) is 4.89. The number of rotatable bonds is 4. The molecule has 1 aliphatic rings. The molecule has 1 fully saturated rings. The Bertz CT molecular complexity index is 794. The Hall–Kier alpha value is -1.97. The number of benzene rings is 1. The Morgan fingerprint density at radius 2 is 1.79 bits per heavy atom. The van der Waals surface area contributed by atoms with Crippen LogP contribution in [0.1, 0.15) is 17.0 Å². The summed E-state index contributed by atoms with van der Waals surface area (Å²) in [5.41, 5.74) is 4.75. The van der Waals surface area contributed by atoms with Gasteiger partial charge in [0.2, 0.25) is 0 Å². The minimum Gasteiger partial charge on any atom is -0.497 e. The van der Waals surface area contributed by atoms with Crippen molar-refractivity contribution in [2.24, 2.45) is 12.0 Å². The van der Waals surface area contributed by atoms with Crippen LogP contribution < -0.4 is 15.0 Å². The summed E-state index contributed by atoms with van der Waals surface area (Å²) in [4.78, 5) is 9.20. The SMILES string of the molecule is CN=C(NCc1c(C)nn(C)c1C)N1CCN(c2ccc(OC)cc2)CC1.I. The third-order valence-electron chi connectivity index (χ3n) is 5.31. The highest BCUT2D eigenvalue weighted by Gasteiger charge is 2.20. The molecule has 0 unspecified atom stereocenters. The second kappa shape index (κ2) is 9.99. The van der Waals surface area contributed by atoms with E-state index in [-0.39, 0.29) is 24.0 Å². The fourth-order valence-electron chi connectivity index (χ4n) is 3.54. The van der Waals surface area contributed by atoms with Crippen molar-refractivity contribution in [3.05, 3.63) is 41.2 Å². The lowest BCUT2D eigenvalue weighted by molar-refractivity contribution is 0.372. The van der Waals surface area contributed by atoms with E-state index < -0.39 is 0 Å². The molecule has 0 amide bonds. The molecule has 2 aromatic rings. The number of nitrogens with zero attached hydrogens (tertiary/aromatic N) is 5. The standard InChI is InChI=1S/C20H30N6O.HI/c1-15-19(16(2)24(4)23-15)14-22-20(21-3)26-12-10-25(11-13-26)17-6-8-18(27-5)9-7-17;/h6-9H,10-14H2,1-5H3,(H,21,22);1H. The second-order valence-corrected chi connectivity index (χ2v) is 6.85. The number of hydrogen-bond acceptors (Lipinski definition) is 4. The van der Waals surface area contributed by atoms with Crippen LogP contribution in [0.15, 0.2) is 29.3 Å². The Labute approximate surface area is 184 Å². The first-order valence-electron chi connectivity index (χ1n) is 9.37. The van der Waals surface area contributed by atoms with Gasteiger partial charge in [0.05, 0.1) is 12.8 Å². The van der Waals surface area contributed by atoms with Crippen molar-refractivity contribution in [2.45, 2.75) is 20.4 Å². The van der Waals surface area contributed by atoms with Gasteiger partial charge in [0.25, 0.3) is 0 Å². The summed E-state index contributed by atoms with van der Waals surface area (Å²) in [6, 6.07) is 8.27. The number of ether oxygens (including phenoxy) is 1. The number of aromatic nitrogens is 2. The zero-order valence-corrected chi connectivity index (χ0v) is 19.7. The molecule has 0 saturated carbocycles. The van der Waals surface area contributed by atoms with Gasteiger partial charge in [0, 0.05) is 63.8 Å². The van der Waals surface area contributed by atoms with Crippen molar-refractivity contribution in [2.75, 3.05) is 45.2 Å². The molecule has 1 saturated heterocycles. The number of guanidine groups is 1. The maximum atomic E-state index is 5.24. The monoisotopic (exact) mass is 498 g/mol. The van der Waals surface area contributed by atoms with Crippen LogP contribution >= 0.6 is 24.0 Å². The Kier molecular flexibility index (Phi) is 7.97. The average Bonchev–Trinajstić information content (AvgIpc) is 2.95. The summed E-state index contributed by atoms with van der Waals surface area (Å²) >= 11 is 0. The van der Waals surface area contributed by atoms with E-state index in [9.17, 15) is 0 Å². The molecule has 1 aromatic carbocycles. The number of aryl methyl sites for hydroxylation is 2. The van der Waals surface area contributed by atoms with Gasteiger partial charge in [-0.3, -0.25) is 9.67 Å². The molecule has 0 radical (unpaired) electrons. The first-order chi connectivity index (χ1) is 13.0. The molecule has 2 heterocycles. The minimum atomic E-state index is 0. The lowest BCUT2D eigenvalue weighted by atomic mass is 10.2. The van der Waals surface area contributed by atoms with Gasteiger partial charge in [-0.05, 0) is 38.1 Å². The van der Waals surface area contributed by atoms with Crippen molar-refractivity contribution in [1.82, 2.24) is 20.0 Å². The van der Waals surface area contributed by atoms with Crippen molar-refractivity contribution in [3.8, 4) is 5.75 Å². The fraction of sp³-hybridized carbons (Fsp3) is 0.500. The first-order valence-corrected chi connectivity index (χ1v) is 9.37. The van der Waals surface area contributed by atoms with Crippen LogP contribution in [0.2, 0.25) is 0 Å². The van der Waals surface area contributed by atoms with E-state index in [2.05, 4.69) is 51.2 Å². The van der Waals surface area contributed by atoms with Crippen molar-refractivity contribution < 1.29 is 4.74 Å². The van der Waals surface area contributed by atoms with E-state index in [0.717, 1.165) is 50.1 Å². The first kappa shape index (κ1) is 22.3. The molecular formula is C20H31IN6O. The van der Waals surface area contributed by atoms with E-state index in [1.54, 1.807) is 7.11 Å². The molecule has 0 spiro atoms. The lowest BCUT2D eigenvalue weighted by Crippen LogP contribution is -2.52. The zero-order valence-electron chi connectivity index (χ0n) is 17.4. The topological polar surface area (TPSA) is 57.9 Å². The normalized spacial score (nSPS) is 14.7. The van der Waals surface area contributed by atoms with Gasteiger partial charge < -0.3 is 19.9 Å². The van der Waals surface area contributed by atoms with E-state index >= 15 is 0 Å². The van der Waals surface area contributed by atoms with E-state index in [1.807, 2.05) is 30.9 Å². The van der Waals surface area contributed by atoms with Gasteiger partial charge in [0.1, 0.15) is 5.75 Å². The molecule has 28 heavy (non-hydrogen) atoms. The Morgan fingerprint density at radius 3 is 2.29 bits per heavy atom. The van der Waals surface area contributed by atoms with Crippen LogP contribution in [-0.4, -0.2) is 61.0 Å². The van der Waals surface area contributed by atoms with E-state index in [0.29, 0.717) is 0 Å². The number of hydrogen-bond donors (Lipinski definition) is 1. The van der Waals surface area contributed by atoms with E-state index in [4.69, 9.17) is 4.74 Å². The molecule has 1 N–H and O–H groups in total. The quantitative estimate of drug-likeness (QED) is 0.399. The largest absolute Gasteiger partial charge is 0.497 e. The molecule has 7 nitrogen and oxygen atoms in total. The average molecular weight is 498 g/mol.